The highest BCUT2D eigenvalue weighted by atomic mass is 32.1. The number of benzene rings is 2. The maximum absolute atomic E-state index is 14.2. The van der Waals surface area contributed by atoms with E-state index in [1.54, 1.807) is 65.8 Å². The number of anilines is 4. The smallest absolute Gasteiger partial charge is 0.273 e. The summed E-state index contributed by atoms with van der Waals surface area (Å²) in [7, 11) is 4.83. The molecular weight excluding hydrogens is 1010 g/mol. The second-order valence-corrected chi connectivity index (χ2v) is 21.4. The number of aryl methyl sites for hydroxylation is 2. The molecule has 6 N–H and O–H groups in total. The number of pyridine rings is 1. The Labute approximate surface area is 457 Å². The van der Waals surface area contributed by atoms with Crippen molar-refractivity contribution in [3.63, 3.8) is 0 Å². The normalized spacial score (nSPS) is 16.3. The summed E-state index contributed by atoms with van der Waals surface area (Å²) in [5.74, 6) is 6.69. The van der Waals surface area contributed by atoms with Crippen molar-refractivity contribution in [2.24, 2.45) is 18.4 Å². The Morgan fingerprint density at radius 2 is 1.69 bits per heavy atom. The second kappa shape index (κ2) is 24.8. The minimum atomic E-state index is -0.975. The van der Waals surface area contributed by atoms with Crippen LogP contribution < -0.4 is 31.3 Å². The number of para-hydroxylation sites is 1. The first-order valence-corrected chi connectivity index (χ1v) is 26.8. The summed E-state index contributed by atoms with van der Waals surface area (Å²) < 4.78 is 7.35. The van der Waals surface area contributed by atoms with E-state index in [0.29, 0.717) is 78.1 Å². The van der Waals surface area contributed by atoms with Gasteiger partial charge in [-0.15, -0.1) is 21.5 Å². The first-order chi connectivity index (χ1) is 37.4. The molecule has 0 bridgehead atoms. The van der Waals surface area contributed by atoms with Gasteiger partial charge in [-0.3, -0.25) is 28.7 Å². The van der Waals surface area contributed by atoms with Gasteiger partial charge in [0.05, 0.1) is 52.3 Å². The van der Waals surface area contributed by atoms with E-state index in [1.807, 2.05) is 82.6 Å². The molecule has 2 aliphatic heterocycles. The summed E-state index contributed by atoms with van der Waals surface area (Å²) in [5.41, 5.74) is 6.31. The number of likely N-dealkylation sites (tertiary alicyclic amines) is 2. The number of thiazole rings is 1. The van der Waals surface area contributed by atoms with Crippen molar-refractivity contribution in [3.05, 3.63) is 101 Å². The van der Waals surface area contributed by atoms with E-state index < -0.39 is 35.4 Å². The molecule has 4 atom stereocenters. The number of aromatic nitrogens is 7. The molecule has 21 nitrogen and oxygen atoms in total. The van der Waals surface area contributed by atoms with E-state index in [-0.39, 0.29) is 61.2 Å². The minimum absolute atomic E-state index is 0.0340. The van der Waals surface area contributed by atoms with Crippen LogP contribution in [-0.2, 0) is 26.2 Å². The monoisotopic (exact) mass is 1080 g/mol. The van der Waals surface area contributed by atoms with Gasteiger partial charge in [0.2, 0.25) is 23.6 Å². The van der Waals surface area contributed by atoms with Gasteiger partial charge in [-0.25, -0.2) is 15.0 Å². The fraction of sp³-hybridized carbons (Fsp3) is 0.411. The van der Waals surface area contributed by atoms with Crippen LogP contribution in [0.1, 0.15) is 99.6 Å². The van der Waals surface area contributed by atoms with Crippen LogP contribution in [0.5, 0.6) is 5.75 Å². The molecular formula is C56H66N14O7S. The number of hydrogen-bond donors (Lipinski definition) is 6. The lowest BCUT2D eigenvalue weighted by atomic mass is 9.85. The number of aliphatic hydroxyl groups is 1. The highest BCUT2D eigenvalue weighted by Crippen LogP contribution is 2.38. The second-order valence-electron chi connectivity index (χ2n) is 20.5. The average molecular weight is 1080 g/mol. The lowest BCUT2D eigenvalue weighted by Crippen LogP contribution is -2.57. The number of ether oxygens (including phenoxy) is 1. The van der Waals surface area contributed by atoms with Crippen molar-refractivity contribution in [1.29, 1.82) is 0 Å². The lowest BCUT2D eigenvalue weighted by Gasteiger charge is -2.35. The van der Waals surface area contributed by atoms with Crippen molar-refractivity contribution in [3.8, 4) is 39.4 Å². The zero-order valence-corrected chi connectivity index (χ0v) is 45.9. The maximum Gasteiger partial charge on any atom is 0.273 e. The molecule has 0 spiro atoms. The van der Waals surface area contributed by atoms with Gasteiger partial charge in [-0.2, -0.15) is 5.10 Å². The van der Waals surface area contributed by atoms with Crippen LogP contribution in [0.15, 0.2) is 78.7 Å². The van der Waals surface area contributed by atoms with Crippen LogP contribution in [0.2, 0.25) is 0 Å². The van der Waals surface area contributed by atoms with Crippen molar-refractivity contribution >= 4 is 63.9 Å². The number of nitrogens with zero attached hydrogens (tertiary/aromatic N) is 9. The van der Waals surface area contributed by atoms with E-state index in [1.165, 1.54) is 11.9 Å². The molecule has 2 saturated heterocycles. The van der Waals surface area contributed by atoms with E-state index in [4.69, 9.17) is 4.74 Å². The van der Waals surface area contributed by atoms with Crippen LogP contribution in [-0.4, -0.2) is 131 Å². The van der Waals surface area contributed by atoms with Crippen LogP contribution in [0.4, 0.5) is 23.0 Å². The Hall–Kier alpha value is -8.29. The van der Waals surface area contributed by atoms with E-state index >= 15 is 0 Å². The Morgan fingerprint density at radius 3 is 2.35 bits per heavy atom. The zero-order chi connectivity index (χ0) is 55.7. The van der Waals surface area contributed by atoms with Gasteiger partial charge >= 0.3 is 0 Å². The van der Waals surface area contributed by atoms with Gasteiger partial charge in [-0.05, 0) is 73.9 Å². The Kier molecular flexibility index (Phi) is 17.8. The third-order valence-electron chi connectivity index (χ3n) is 13.7. The van der Waals surface area contributed by atoms with E-state index in [9.17, 15) is 29.1 Å². The lowest BCUT2D eigenvalue weighted by molar-refractivity contribution is -0.144. The third-order valence-corrected chi connectivity index (χ3v) is 14.7. The van der Waals surface area contributed by atoms with Gasteiger partial charge in [0.25, 0.3) is 5.91 Å². The molecule has 0 radical (unpaired) electrons. The first kappa shape index (κ1) is 55.9. The molecule has 78 heavy (non-hydrogen) atoms. The number of nitrogens with one attached hydrogen (secondary N) is 5. The summed E-state index contributed by atoms with van der Waals surface area (Å²) in [5, 5.41) is 38.5. The number of carbonyl (C=O) groups is 5. The number of piperidine rings is 1. The highest BCUT2D eigenvalue weighted by molar-refractivity contribution is 7.13. The van der Waals surface area contributed by atoms with Crippen molar-refractivity contribution in [2.75, 3.05) is 44.4 Å². The molecule has 408 valence electrons. The standard InChI is InChI=1S/C56H66N14O7S/c1-33(37-18-20-38(21-19-37)50-34(2)60-32-78-50)61-53(74)43-27-39(71)30-70(43)55(76)51(56(3,4)5)64-46(72)13-10-14-47(73)69-25-23-35(24-26-69)15-16-36-17-22-44(58-29-36)63-45-28-42(48(66-65-45)54(75)57-6)62-41-12-9-11-40(49(41)77-8)52-59-31-68(7)67-52/h9,11-12,17-22,28-29,31-33,35,39,43,51,71H,10,13-14,23-27,30H2,1-8H3,(H,57,75)(H,61,74)(H,64,72)(H2,58,62,63,65)/t33-,39+,43-,51?/m0/s1. The molecule has 5 amide bonds. The van der Waals surface area contributed by atoms with Gasteiger partial charge < -0.3 is 46.2 Å². The maximum atomic E-state index is 14.2. The van der Waals surface area contributed by atoms with Crippen molar-refractivity contribution in [2.45, 2.75) is 97.4 Å². The molecule has 0 aliphatic carbocycles. The van der Waals surface area contributed by atoms with Crippen LogP contribution in [0, 0.1) is 30.1 Å². The number of carbonyl (C=O) groups excluding carboxylic acids is 5. The van der Waals surface area contributed by atoms with E-state index in [0.717, 1.165) is 21.7 Å². The molecule has 2 aromatic carbocycles. The molecule has 8 rings (SSSR count). The van der Waals surface area contributed by atoms with Crippen LogP contribution >= 0.6 is 11.3 Å². The fourth-order valence-corrected chi connectivity index (χ4v) is 10.2. The minimum Gasteiger partial charge on any atom is -0.494 e. The molecule has 1 unspecified atom stereocenters. The number of hydrogen-bond acceptors (Lipinski definition) is 16. The van der Waals surface area contributed by atoms with Crippen molar-refractivity contribution in [1.82, 2.24) is 60.7 Å². The molecule has 4 aromatic heterocycles. The fourth-order valence-electron chi connectivity index (χ4n) is 9.41. The Morgan fingerprint density at radius 1 is 0.923 bits per heavy atom. The van der Waals surface area contributed by atoms with Gasteiger partial charge in [0, 0.05) is 76.7 Å². The predicted molar refractivity (Wildman–Crippen MR) is 296 cm³/mol. The molecule has 2 aliphatic rings. The number of aliphatic hydroxyl groups excluding tert-OH is 1. The van der Waals surface area contributed by atoms with Crippen LogP contribution in [0.3, 0.4) is 0 Å². The summed E-state index contributed by atoms with van der Waals surface area (Å²) in [6.45, 7) is 10.4. The topological polar surface area (TPSA) is 264 Å². The van der Waals surface area contributed by atoms with Gasteiger partial charge in [0.1, 0.15) is 24.2 Å². The van der Waals surface area contributed by atoms with Gasteiger partial charge in [-0.1, -0.05) is 62.9 Å². The highest BCUT2D eigenvalue weighted by Gasteiger charge is 2.45. The SMILES string of the molecule is CNC(=O)c1nnc(Nc2ccc(C#CC3CCN(C(=O)CCCC(=O)NC(C(=O)N4C[C@H](O)C[C@H]4C(=O)N[C@@H](C)c4ccc(-c5scnc5C)cc4)C(C)(C)C)CC3)cn2)cc1Nc1cccc(-c2ncn(C)n2)c1OC. The molecule has 0 saturated carbocycles. The number of rotatable bonds is 17. The number of methoxy groups -OCH3 is 1. The Balaban J connectivity index is 0.789. The van der Waals surface area contributed by atoms with Crippen molar-refractivity contribution < 1.29 is 33.8 Å². The predicted octanol–water partition coefficient (Wildman–Crippen LogP) is 6.08. The third kappa shape index (κ3) is 13.6. The van der Waals surface area contributed by atoms with E-state index in [2.05, 4.69) is 68.7 Å². The molecule has 22 heteroatoms. The summed E-state index contributed by atoms with van der Waals surface area (Å²) in [4.78, 5) is 84.9. The summed E-state index contributed by atoms with van der Waals surface area (Å²) in [6.07, 6.45) is 4.32. The number of amides is 5. The first-order valence-electron chi connectivity index (χ1n) is 25.9. The molecule has 2 fully saturated rings. The molecule has 6 heterocycles. The van der Waals surface area contributed by atoms with Crippen LogP contribution in [0.25, 0.3) is 21.8 Å². The summed E-state index contributed by atoms with van der Waals surface area (Å²) in [6, 6.07) is 16.4. The van der Waals surface area contributed by atoms with Gasteiger partial charge in [0.15, 0.2) is 23.1 Å². The Bertz CT molecular complexity index is 3190. The zero-order valence-electron chi connectivity index (χ0n) is 45.1. The largest absolute Gasteiger partial charge is 0.494 e. The summed E-state index contributed by atoms with van der Waals surface area (Å²) >= 11 is 1.57. The molecule has 6 aromatic rings. The average Bonchev–Trinajstić information content (AvgIpc) is 4.21. The quantitative estimate of drug-likeness (QED) is 0.0565. The number of β-amino-alcohol motifs (C(OH)–C–C–N with tert-alkyl or cyclic N) is 1.